The molecule has 94 valence electrons. The number of halogens is 1. The van der Waals surface area contributed by atoms with E-state index in [4.69, 9.17) is 5.73 Å². The molecule has 0 radical (unpaired) electrons. The van der Waals surface area contributed by atoms with Crippen LogP contribution in [0.4, 0.5) is 4.39 Å². The summed E-state index contributed by atoms with van der Waals surface area (Å²) >= 11 is 0. The zero-order chi connectivity index (χ0) is 13.0. The van der Waals surface area contributed by atoms with Gasteiger partial charge in [-0.15, -0.1) is 0 Å². The van der Waals surface area contributed by atoms with Crippen molar-refractivity contribution >= 4 is 0 Å². The van der Waals surface area contributed by atoms with Crippen LogP contribution in [0.15, 0.2) is 35.3 Å². The molecule has 0 aliphatic rings. The third-order valence-corrected chi connectivity index (χ3v) is 2.62. The Hall–Kier alpha value is -2.01. The van der Waals surface area contributed by atoms with E-state index in [1.54, 1.807) is 18.3 Å². The third kappa shape index (κ3) is 3.01. The molecule has 1 aromatic carbocycles. The highest BCUT2D eigenvalue weighted by molar-refractivity contribution is 5.20. The molecule has 1 aromatic heterocycles. The highest BCUT2D eigenvalue weighted by Gasteiger charge is 2.03. The van der Waals surface area contributed by atoms with Crippen molar-refractivity contribution < 1.29 is 4.39 Å². The second-order valence-electron chi connectivity index (χ2n) is 4.03. The van der Waals surface area contributed by atoms with E-state index in [1.165, 1.54) is 12.1 Å². The molecule has 0 unspecified atom stereocenters. The second kappa shape index (κ2) is 5.55. The van der Waals surface area contributed by atoms with Crippen LogP contribution in [-0.2, 0) is 12.8 Å². The molecule has 0 amide bonds. The number of nitrogens with zero attached hydrogens (tertiary/aromatic N) is 1. The van der Waals surface area contributed by atoms with Crippen LogP contribution in [0.2, 0.25) is 0 Å². The van der Waals surface area contributed by atoms with E-state index in [-0.39, 0.29) is 11.4 Å². The maximum Gasteiger partial charge on any atom is 0.254 e. The molecule has 5 heteroatoms. The van der Waals surface area contributed by atoms with Gasteiger partial charge in [-0.1, -0.05) is 12.1 Å². The number of nitrogens with two attached hydrogens (primary N) is 1. The number of benzene rings is 1. The number of hydrogen-bond donors (Lipinski definition) is 2. The first-order chi connectivity index (χ1) is 8.69. The minimum absolute atomic E-state index is 0.160. The van der Waals surface area contributed by atoms with E-state index in [0.717, 1.165) is 5.56 Å². The molecular formula is C13H14FN3O. The summed E-state index contributed by atoms with van der Waals surface area (Å²) in [5, 5.41) is 0. The fourth-order valence-corrected chi connectivity index (χ4v) is 1.68. The Kier molecular flexibility index (Phi) is 3.84. The first-order valence-electron chi connectivity index (χ1n) is 5.70. The molecule has 2 rings (SSSR count). The maximum absolute atomic E-state index is 12.7. The Morgan fingerprint density at radius 2 is 2.00 bits per heavy atom. The molecule has 0 saturated carbocycles. The quantitative estimate of drug-likeness (QED) is 0.846. The van der Waals surface area contributed by atoms with Gasteiger partial charge < -0.3 is 10.7 Å². The minimum atomic E-state index is -0.279. The lowest BCUT2D eigenvalue weighted by molar-refractivity contribution is 0.627. The summed E-state index contributed by atoms with van der Waals surface area (Å²) in [6.45, 7) is 0.419. The average Bonchev–Trinajstić information content (AvgIpc) is 2.36. The zero-order valence-corrected chi connectivity index (χ0v) is 9.82. The predicted molar refractivity (Wildman–Crippen MR) is 66.8 cm³/mol. The summed E-state index contributed by atoms with van der Waals surface area (Å²) in [5.74, 6) is 0.283. The van der Waals surface area contributed by atoms with Crippen molar-refractivity contribution in [3.63, 3.8) is 0 Å². The van der Waals surface area contributed by atoms with Crippen LogP contribution in [0.5, 0.6) is 0 Å². The smallest absolute Gasteiger partial charge is 0.254 e. The van der Waals surface area contributed by atoms with E-state index in [2.05, 4.69) is 9.97 Å². The zero-order valence-electron chi connectivity index (χ0n) is 9.82. The van der Waals surface area contributed by atoms with Gasteiger partial charge in [0.05, 0.1) is 0 Å². The summed E-state index contributed by atoms with van der Waals surface area (Å²) < 4.78 is 12.7. The molecule has 0 saturated heterocycles. The molecule has 18 heavy (non-hydrogen) atoms. The van der Waals surface area contributed by atoms with Crippen LogP contribution >= 0.6 is 0 Å². The van der Waals surface area contributed by atoms with Crippen molar-refractivity contribution in [3.05, 3.63) is 63.6 Å². The van der Waals surface area contributed by atoms with Gasteiger partial charge in [0, 0.05) is 18.2 Å². The van der Waals surface area contributed by atoms with Crippen molar-refractivity contribution in [1.29, 1.82) is 0 Å². The highest BCUT2D eigenvalue weighted by Crippen LogP contribution is 2.06. The lowest BCUT2D eigenvalue weighted by atomic mass is 10.1. The van der Waals surface area contributed by atoms with E-state index in [1.807, 2.05) is 0 Å². The Labute approximate surface area is 104 Å². The highest BCUT2D eigenvalue weighted by atomic mass is 19.1. The Bertz CT molecular complexity index is 578. The van der Waals surface area contributed by atoms with Crippen LogP contribution in [0.3, 0.4) is 0 Å². The van der Waals surface area contributed by atoms with Gasteiger partial charge in [-0.3, -0.25) is 4.79 Å². The Morgan fingerprint density at radius 3 is 2.61 bits per heavy atom. The fraction of sp³-hybridized carbons (Fsp3) is 0.231. The molecule has 3 N–H and O–H groups in total. The van der Waals surface area contributed by atoms with Gasteiger partial charge in [-0.2, -0.15) is 0 Å². The predicted octanol–water partition coefficient (Wildman–Crippen LogP) is 1.00. The largest absolute Gasteiger partial charge is 0.330 e. The van der Waals surface area contributed by atoms with Gasteiger partial charge >= 0.3 is 0 Å². The summed E-state index contributed by atoms with van der Waals surface area (Å²) in [7, 11) is 0. The van der Waals surface area contributed by atoms with Crippen molar-refractivity contribution in [2.24, 2.45) is 5.73 Å². The van der Waals surface area contributed by atoms with Gasteiger partial charge in [-0.05, 0) is 30.7 Å². The number of H-pyrrole nitrogens is 1. The molecular weight excluding hydrogens is 233 g/mol. The van der Waals surface area contributed by atoms with Crippen molar-refractivity contribution in [3.8, 4) is 0 Å². The van der Waals surface area contributed by atoms with E-state index < -0.39 is 0 Å². The van der Waals surface area contributed by atoms with E-state index in [9.17, 15) is 9.18 Å². The fourth-order valence-electron chi connectivity index (χ4n) is 1.68. The normalized spacial score (nSPS) is 10.6. The number of aromatic nitrogens is 2. The lowest BCUT2D eigenvalue weighted by Gasteiger charge is -2.03. The van der Waals surface area contributed by atoms with Crippen LogP contribution in [0.25, 0.3) is 0 Å². The van der Waals surface area contributed by atoms with Gasteiger partial charge in [0.15, 0.2) is 0 Å². The first kappa shape index (κ1) is 12.4. The maximum atomic E-state index is 12.7. The van der Waals surface area contributed by atoms with Crippen LogP contribution in [0.1, 0.15) is 17.0 Å². The van der Waals surface area contributed by atoms with Crippen LogP contribution < -0.4 is 11.3 Å². The first-order valence-corrected chi connectivity index (χ1v) is 5.70. The topological polar surface area (TPSA) is 71.8 Å². The lowest BCUT2D eigenvalue weighted by Crippen LogP contribution is -2.19. The summed E-state index contributed by atoms with van der Waals surface area (Å²) in [4.78, 5) is 18.5. The monoisotopic (exact) mass is 247 g/mol. The van der Waals surface area contributed by atoms with Gasteiger partial charge in [-0.25, -0.2) is 9.37 Å². The van der Waals surface area contributed by atoms with Gasteiger partial charge in [0.2, 0.25) is 0 Å². The van der Waals surface area contributed by atoms with E-state index in [0.29, 0.717) is 30.8 Å². The average molecular weight is 247 g/mol. The number of hydrogen-bond acceptors (Lipinski definition) is 3. The van der Waals surface area contributed by atoms with Crippen molar-refractivity contribution in [2.45, 2.75) is 12.8 Å². The Balaban J connectivity index is 2.17. The summed E-state index contributed by atoms with van der Waals surface area (Å²) in [5.41, 5.74) is 6.71. The number of aromatic amines is 1. The standard InChI is InChI=1S/C13H14FN3O/c14-11-3-1-9(2-4-11)7-12-16-8-10(5-6-15)13(18)17-12/h1-4,8H,5-7,15H2,(H,16,17,18). The molecule has 0 bridgehead atoms. The SMILES string of the molecule is NCCc1cnc(Cc2ccc(F)cc2)[nH]c1=O. The molecule has 2 aromatic rings. The number of nitrogens with one attached hydrogen (secondary N) is 1. The minimum Gasteiger partial charge on any atom is -0.330 e. The molecule has 0 fully saturated rings. The van der Waals surface area contributed by atoms with Crippen LogP contribution in [-0.4, -0.2) is 16.5 Å². The number of rotatable bonds is 4. The molecule has 0 atom stereocenters. The van der Waals surface area contributed by atoms with Crippen molar-refractivity contribution in [1.82, 2.24) is 9.97 Å². The van der Waals surface area contributed by atoms with E-state index >= 15 is 0 Å². The summed E-state index contributed by atoms with van der Waals surface area (Å²) in [6, 6.07) is 6.11. The summed E-state index contributed by atoms with van der Waals surface area (Å²) in [6.07, 6.45) is 2.53. The molecule has 0 spiro atoms. The van der Waals surface area contributed by atoms with Gasteiger partial charge in [0.25, 0.3) is 5.56 Å². The molecule has 0 aliphatic heterocycles. The molecule has 4 nitrogen and oxygen atoms in total. The third-order valence-electron chi connectivity index (χ3n) is 2.62. The van der Waals surface area contributed by atoms with Gasteiger partial charge in [0.1, 0.15) is 11.6 Å². The van der Waals surface area contributed by atoms with Crippen molar-refractivity contribution in [2.75, 3.05) is 6.54 Å². The molecule has 0 aliphatic carbocycles. The second-order valence-corrected chi connectivity index (χ2v) is 4.03. The molecule has 1 heterocycles. The van der Waals surface area contributed by atoms with Crippen LogP contribution in [0, 0.1) is 5.82 Å². The Morgan fingerprint density at radius 1 is 1.28 bits per heavy atom.